The Hall–Kier alpha value is -1.35. The summed E-state index contributed by atoms with van der Waals surface area (Å²) < 4.78 is 0. The molecule has 13 heavy (non-hydrogen) atoms. The average molecular weight is 179 g/mol. The van der Waals surface area contributed by atoms with Gasteiger partial charge in [-0.15, -0.1) is 0 Å². The predicted octanol–water partition coefficient (Wildman–Crippen LogP) is 1.25. The summed E-state index contributed by atoms with van der Waals surface area (Å²) in [4.78, 5) is 10.8. The van der Waals surface area contributed by atoms with Gasteiger partial charge in [0.25, 0.3) is 0 Å². The third-order valence-corrected chi connectivity index (χ3v) is 2.15. The summed E-state index contributed by atoms with van der Waals surface area (Å²) in [6, 6.07) is 7.24. The van der Waals surface area contributed by atoms with Gasteiger partial charge in [-0.1, -0.05) is 24.3 Å². The van der Waals surface area contributed by atoms with E-state index in [0.29, 0.717) is 5.56 Å². The molecule has 0 saturated heterocycles. The Bertz CT molecular complexity index is 331. The van der Waals surface area contributed by atoms with E-state index < -0.39 is 11.5 Å². The van der Waals surface area contributed by atoms with Crippen LogP contribution in [-0.2, 0) is 10.3 Å². The van der Waals surface area contributed by atoms with Crippen LogP contribution in [-0.4, -0.2) is 11.1 Å². The number of nitrogens with two attached hydrogens (primary N) is 1. The SMILES string of the molecule is Cc1ccccc1[C@@](C)(N)C(=O)O. The standard InChI is InChI=1S/C10H13NO2/c1-7-5-3-4-6-8(7)10(2,11)9(12)13/h3-6H,11H2,1-2H3,(H,12,13)/t10-/m1/s1. The summed E-state index contributed by atoms with van der Waals surface area (Å²) in [6.07, 6.45) is 0. The van der Waals surface area contributed by atoms with Crippen molar-refractivity contribution in [2.45, 2.75) is 19.4 Å². The summed E-state index contributed by atoms with van der Waals surface area (Å²) in [5, 5.41) is 8.89. The van der Waals surface area contributed by atoms with E-state index in [9.17, 15) is 4.79 Å². The first-order valence-electron chi connectivity index (χ1n) is 4.04. The molecule has 0 aromatic heterocycles. The summed E-state index contributed by atoms with van der Waals surface area (Å²) in [5.41, 5.74) is 5.94. The quantitative estimate of drug-likeness (QED) is 0.718. The monoisotopic (exact) mass is 179 g/mol. The fraction of sp³-hybridized carbons (Fsp3) is 0.300. The van der Waals surface area contributed by atoms with Crippen molar-refractivity contribution in [3.05, 3.63) is 35.4 Å². The van der Waals surface area contributed by atoms with Crippen molar-refractivity contribution >= 4 is 5.97 Å². The summed E-state index contributed by atoms with van der Waals surface area (Å²) in [6.45, 7) is 3.35. The molecule has 0 heterocycles. The molecule has 0 aliphatic rings. The molecule has 1 rings (SSSR count). The number of hydrogen-bond donors (Lipinski definition) is 2. The zero-order chi connectivity index (χ0) is 10.1. The van der Waals surface area contributed by atoms with E-state index in [0.717, 1.165) is 5.56 Å². The smallest absolute Gasteiger partial charge is 0.328 e. The molecule has 0 aliphatic heterocycles. The van der Waals surface area contributed by atoms with Gasteiger partial charge in [-0.25, -0.2) is 4.79 Å². The maximum absolute atomic E-state index is 10.8. The number of carboxylic acid groups (broad SMARTS) is 1. The molecule has 0 fully saturated rings. The minimum atomic E-state index is -1.30. The van der Waals surface area contributed by atoms with Gasteiger partial charge in [-0.3, -0.25) is 0 Å². The highest BCUT2D eigenvalue weighted by Crippen LogP contribution is 2.21. The normalized spacial score (nSPS) is 15.0. The van der Waals surface area contributed by atoms with Crippen molar-refractivity contribution in [1.29, 1.82) is 0 Å². The van der Waals surface area contributed by atoms with E-state index in [-0.39, 0.29) is 0 Å². The summed E-state index contributed by atoms with van der Waals surface area (Å²) in [7, 11) is 0. The molecule has 0 aliphatic carbocycles. The zero-order valence-electron chi connectivity index (χ0n) is 7.74. The minimum Gasteiger partial charge on any atom is -0.480 e. The van der Waals surface area contributed by atoms with Crippen molar-refractivity contribution in [2.24, 2.45) is 5.73 Å². The lowest BCUT2D eigenvalue weighted by Gasteiger charge is -2.21. The molecule has 0 spiro atoms. The largest absolute Gasteiger partial charge is 0.480 e. The minimum absolute atomic E-state index is 0.655. The molecule has 3 heteroatoms. The van der Waals surface area contributed by atoms with Gasteiger partial charge in [0.05, 0.1) is 0 Å². The first-order chi connectivity index (χ1) is 5.96. The Morgan fingerprint density at radius 1 is 1.46 bits per heavy atom. The van der Waals surface area contributed by atoms with E-state index >= 15 is 0 Å². The Kier molecular flexibility index (Phi) is 2.38. The Balaban J connectivity index is 3.22. The lowest BCUT2D eigenvalue weighted by molar-refractivity contribution is -0.143. The summed E-state index contributed by atoms with van der Waals surface area (Å²) >= 11 is 0. The number of carboxylic acids is 1. The molecule has 0 saturated carbocycles. The van der Waals surface area contributed by atoms with Gasteiger partial charge >= 0.3 is 5.97 Å². The molecule has 1 aromatic carbocycles. The number of carbonyl (C=O) groups is 1. The van der Waals surface area contributed by atoms with Gasteiger partial charge in [0, 0.05) is 0 Å². The van der Waals surface area contributed by atoms with Gasteiger partial charge in [0.2, 0.25) is 0 Å². The Labute approximate surface area is 77.2 Å². The van der Waals surface area contributed by atoms with E-state index in [1.54, 1.807) is 12.1 Å². The Morgan fingerprint density at radius 2 is 2.00 bits per heavy atom. The first kappa shape index (κ1) is 9.74. The van der Waals surface area contributed by atoms with Crippen molar-refractivity contribution in [1.82, 2.24) is 0 Å². The van der Waals surface area contributed by atoms with Crippen molar-refractivity contribution in [3.63, 3.8) is 0 Å². The molecule has 3 nitrogen and oxygen atoms in total. The zero-order valence-corrected chi connectivity index (χ0v) is 7.74. The van der Waals surface area contributed by atoms with Crippen LogP contribution < -0.4 is 5.73 Å². The molecule has 0 bridgehead atoms. The molecule has 0 unspecified atom stereocenters. The number of aryl methyl sites for hydroxylation is 1. The number of benzene rings is 1. The van der Waals surface area contributed by atoms with Crippen LogP contribution in [0.4, 0.5) is 0 Å². The van der Waals surface area contributed by atoms with Crippen LogP contribution >= 0.6 is 0 Å². The van der Waals surface area contributed by atoms with E-state index in [1.807, 2.05) is 19.1 Å². The second-order valence-electron chi connectivity index (χ2n) is 3.32. The van der Waals surface area contributed by atoms with Gasteiger partial charge in [0.1, 0.15) is 5.54 Å². The van der Waals surface area contributed by atoms with Gasteiger partial charge in [0.15, 0.2) is 0 Å². The van der Waals surface area contributed by atoms with Crippen molar-refractivity contribution in [2.75, 3.05) is 0 Å². The molecule has 0 amide bonds. The van der Waals surface area contributed by atoms with E-state index in [2.05, 4.69) is 0 Å². The predicted molar refractivity (Wildman–Crippen MR) is 50.4 cm³/mol. The molecule has 0 radical (unpaired) electrons. The number of rotatable bonds is 2. The molecule has 3 N–H and O–H groups in total. The molecule has 70 valence electrons. The fourth-order valence-corrected chi connectivity index (χ4v) is 1.27. The number of hydrogen-bond acceptors (Lipinski definition) is 2. The molecule has 1 atom stereocenters. The van der Waals surface area contributed by atoms with Crippen LogP contribution in [0, 0.1) is 6.92 Å². The highest BCUT2D eigenvalue weighted by Gasteiger charge is 2.31. The third-order valence-electron chi connectivity index (χ3n) is 2.15. The maximum atomic E-state index is 10.8. The third kappa shape index (κ3) is 1.70. The second-order valence-corrected chi connectivity index (χ2v) is 3.32. The second kappa shape index (κ2) is 3.18. The lowest BCUT2D eigenvalue weighted by Crippen LogP contribution is -2.42. The van der Waals surface area contributed by atoms with E-state index in [1.165, 1.54) is 6.92 Å². The van der Waals surface area contributed by atoms with Crippen molar-refractivity contribution < 1.29 is 9.90 Å². The molecule has 1 aromatic rings. The maximum Gasteiger partial charge on any atom is 0.328 e. The highest BCUT2D eigenvalue weighted by atomic mass is 16.4. The molecular formula is C10H13NO2. The van der Waals surface area contributed by atoms with E-state index in [4.69, 9.17) is 10.8 Å². The highest BCUT2D eigenvalue weighted by molar-refractivity contribution is 5.80. The van der Waals surface area contributed by atoms with Gasteiger partial charge in [-0.2, -0.15) is 0 Å². The van der Waals surface area contributed by atoms with Crippen LogP contribution in [0.5, 0.6) is 0 Å². The lowest BCUT2D eigenvalue weighted by atomic mass is 9.90. The van der Waals surface area contributed by atoms with Crippen LogP contribution in [0.3, 0.4) is 0 Å². The van der Waals surface area contributed by atoms with Crippen LogP contribution in [0.25, 0.3) is 0 Å². The van der Waals surface area contributed by atoms with Crippen molar-refractivity contribution in [3.8, 4) is 0 Å². The Morgan fingerprint density at radius 3 is 2.46 bits per heavy atom. The average Bonchev–Trinajstić information content (AvgIpc) is 2.04. The fourth-order valence-electron chi connectivity index (χ4n) is 1.27. The topological polar surface area (TPSA) is 63.3 Å². The van der Waals surface area contributed by atoms with Crippen LogP contribution in [0.1, 0.15) is 18.1 Å². The van der Waals surface area contributed by atoms with Crippen LogP contribution in [0.15, 0.2) is 24.3 Å². The summed E-state index contributed by atoms with van der Waals surface area (Å²) in [5.74, 6) is -1.01. The van der Waals surface area contributed by atoms with Gasteiger partial charge < -0.3 is 10.8 Å². The van der Waals surface area contributed by atoms with Gasteiger partial charge in [-0.05, 0) is 25.0 Å². The molecular weight excluding hydrogens is 166 g/mol. The van der Waals surface area contributed by atoms with Crippen LogP contribution in [0.2, 0.25) is 0 Å². The number of aliphatic carboxylic acids is 1. The first-order valence-corrected chi connectivity index (χ1v) is 4.04.